The van der Waals surface area contributed by atoms with Crippen LogP contribution in [-0.4, -0.2) is 18.3 Å². The molecule has 0 fully saturated rings. The number of aromatic hydroxyl groups is 1. The van der Waals surface area contributed by atoms with Crippen LogP contribution < -0.4 is 4.74 Å². The number of rotatable bonds is 3. The number of hydrogen-bond acceptors (Lipinski definition) is 4. The second-order valence-electron chi connectivity index (χ2n) is 2.62. The van der Waals surface area contributed by atoms with Gasteiger partial charge in [0.1, 0.15) is 0 Å². The Morgan fingerprint density at radius 3 is 2.93 bits per heavy atom. The Labute approximate surface area is 93.5 Å². The van der Waals surface area contributed by atoms with Crippen LogP contribution in [-0.2, 0) is 11.3 Å². The Bertz CT molecular complexity index is 430. The van der Waals surface area contributed by atoms with E-state index >= 15 is 0 Å². The number of aliphatic imine (C=N–C) groups is 1. The van der Waals surface area contributed by atoms with Gasteiger partial charge in [0.05, 0.1) is 18.1 Å². The summed E-state index contributed by atoms with van der Waals surface area (Å²) in [7, 11) is 1.28. The molecule has 0 atom stereocenters. The predicted octanol–water partition coefficient (Wildman–Crippen LogP) is 2.14. The van der Waals surface area contributed by atoms with E-state index in [9.17, 15) is 14.3 Å². The van der Waals surface area contributed by atoms with Gasteiger partial charge in [0.25, 0.3) is 0 Å². The molecule has 0 aromatic heterocycles. The van der Waals surface area contributed by atoms with E-state index in [1.165, 1.54) is 19.3 Å². The maximum Gasteiger partial charge on any atom is 0.235 e. The minimum absolute atomic E-state index is 0.0914. The SMILES string of the molecule is COc1c(Br)cc(CN=C=O)c(O)c1F. The molecule has 0 aliphatic rings. The number of phenols is 1. The van der Waals surface area contributed by atoms with Crippen molar-refractivity contribution in [1.29, 1.82) is 0 Å². The monoisotopic (exact) mass is 275 g/mol. The van der Waals surface area contributed by atoms with E-state index in [1.807, 2.05) is 0 Å². The highest BCUT2D eigenvalue weighted by molar-refractivity contribution is 9.10. The van der Waals surface area contributed by atoms with E-state index in [0.29, 0.717) is 4.47 Å². The normalized spacial score (nSPS) is 9.53. The maximum absolute atomic E-state index is 13.4. The van der Waals surface area contributed by atoms with Crippen LogP contribution in [0.15, 0.2) is 15.5 Å². The Morgan fingerprint density at radius 1 is 1.73 bits per heavy atom. The molecule has 0 amide bonds. The molecule has 1 aromatic carbocycles. The van der Waals surface area contributed by atoms with Gasteiger partial charge in [-0.1, -0.05) is 0 Å². The zero-order valence-electron chi connectivity index (χ0n) is 7.75. The summed E-state index contributed by atoms with van der Waals surface area (Å²) in [6.07, 6.45) is 1.31. The molecule has 1 rings (SSSR count). The molecule has 1 aromatic rings. The first-order valence-electron chi connectivity index (χ1n) is 3.89. The van der Waals surface area contributed by atoms with Gasteiger partial charge in [-0.2, -0.15) is 4.39 Å². The summed E-state index contributed by atoms with van der Waals surface area (Å²) < 4.78 is 18.5. The molecular weight excluding hydrogens is 269 g/mol. The van der Waals surface area contributed by atoms with Crippen LogP contribution in [0.4, 0.5) is 4.39 Å². The molecule has 80 valence electrons. The van der Waals surface area contributed by atoms with Crippen LogP contribution in [0.3, 0.4) is 0 Å². The van der Waals surface area contributed by atoms with Crippen LogP contribution in [0, 0.1) is 5.82 Å². The first-order valence-corrected chi connectivity index (χ1v) is 4.68. The molecule has 0 unspecified atom stereocenters. The molecule has 15 heavy (non-hydrogen) atoms. The molecule has 0 heterocycles. The lowest BCUT2D eigenvalue weighted by atomic mass is 10.2. The number of methoxy groups -OCH3 is 1. The van der Waals surface area contributed by atoms with E-state index in [4.69, 9.17) is 4.74 Å². The van der Waals surface area contributed by atoms with Crippen molar-refractivity contribution in [3.05, 3.63) is 21.9 Å². The van der Waals surface area contributed by atoms with Crippen molar-refractivity contribution in [1.82, 2.24) is 0 Å². The Balaban J connectivity index is 3.26. The maximum atomic E-state index is 13.4. The topological polar surface area (TPSA) is 58.9 Å². The zero-order valence-corrected chi connectivity index (χ0v) is 9.34. The third kappa shape index (κ3) is 2.34. The molecule has 1 N–H and O–H groups in total. The van der Waals surface area contributed by atoms with Crippen molar-refractivity contribution < 1.29 is 19.0 Å². The highest BCUT2D eigenvalue weighted by atomic mass is 79.9. The number of isocyanates is 1. The third-order valence-electron chi connectivity index (χ3n) is 1.75. The Morgan fingerprint density at radius 2 is 2.40 bits per heavy atom. The molecule has 6 heteroatoms. The molecule has 0 saturated carbocycles. The van der Waals surface area contributed by atoms with Crippen molar-refractivity contribution in [3.63, 3.8) is 0 Å². The summed E-state index contributed by atoms with van der Waals surface area (Å²) in [4.78, 5) is 13.1. The van der Waals surface area contributed by atoms with E-state index in [-0.39, 0.29) is 17.9 Å². The first kappa shape index (κ1) is 11.7. The van der Waals surface area contributed by atoms with Gasteiger partial charge < -0.3 is 9.84 Å². The lowest BCUT2D eigenvalue weighted by Gasteiger charge is -2.09. The summed E-state index contributed by atoms with van der Waals surface area (Å²) in [5.41, 5.74) is 0.184. The molecular formula is C9H7BrFNO3. The van der Waals surface area contributed by atoms with Crippen LogP contribution in [0.25, 0.3) is 0 Å². The van der Waals surface area contributed by atoms with Gasteiger partial charge in [0, 0.05) is 5.56 Å². The highest BCUT2D eigenvalue weighted by Gasteiger charge is 2.16. The van der Waals surface area contributed by atoms with Gasteiger partial charge in [-0.25, -0.2) is 9.79 Å². The van der Waals surface area contributed by atoms with Gasteiger partial charge in [-0.15, -0.1) is 0 Å². The van der Waals surface area contributed by atoms with Gasteiger partial charge >= 0.3 is 0 Å². The summed E-state index contributed by atoms with van der Waals surface area (Å²) in [5, 5.41) is 9.39. The van der Waals surface area contributed by atoms with Crippen molar-refractivity contribution in [2.24, 2.45) is 4.99 Å². The van der Waals surface area contributed by atoms with E-state index in [1.54, 1.807) is 0 Å². The van der Waals surface area contributed by atoms with Crippen LogP contribution in [0.1, 0.15) is 5.56 Å². The fourth-order valence-electron chi connectivity index (χ4n) is 1.07. The van der Waals surface area contributed by atoms with Crippen molar-refractivity contribution in [2.45, 2.75) is 6.54 Å². The van der Waals surface area contributed by atoms with E-state index in [2.05, 4.69) is 20.9 Å². The molecule has 0 saturated heterocycles. The number of phenolic OH excluding ortho intramolecular Hbond substituents is 1. The lowest BCUT2D eigenvalue weighted by molar-refractivity contribution is 0.360. The molecule has 0 spiro atoms. The summed E-state index contributed by atoms with van der Waals surface area (Å²) in [5.74, 6) is -1.55. The largest absolute Gasteiger partial charge is 0.504 e. The van der Waals surface area contributed by atoms with Crippen LogP contribution in [0.5, 0.6) is 11.5 Å². The van der Waals surface area contributed by atoms with Gasteiger partial charge in [0.15, 0.2) is 11.5 Å². The highest BCUT2D eigenvalue weighted by Crippen LogP contribution is 2.36. The number of nitrogens with zero attached hydrogens (tertiary/aromatic N) is 1. The average Bonchev–Trinajstić information content (AvgIpc) is 2.22. The fraction of sp³-hybridized carbons (Fsp3) is 0.222. The predicted molar refractivity (Wildman–Crippen MR) is 54.1 cm³/mol. The van der Waals surface area contributed by atoms with Gasteiger partial charge in [-0.05, 0) is 22.0 Å². The van der Waals surface area contributed by atoms with Gasteiger partial charge in [0.2, 0.25) is 11.9 Å². The van der Waals surface area contributed by atoms with Crippen molar-refractivity contribution >= 4 is 22.0 Å². The number of ether oxygens (including phenoxy) is 1. The van der Waals surface area contributed by atoms with Crippen molar-refractivity contribution in [3.8, 4) is 11.5 Å². The van der Waals surface area contributed by atoms with Crippen LogP contribution in [0.2, 0.25) is 0 Å². The molecule has 0 bridgehead atoms. The fourth-order valence-corrected chi connectivity index (χ4v) is 1.68. The molecule has 0 aliphatic heterocycles. The number of benzene rings is 1. The second kappa shape index (κ2) is 4.91. The summed E-state index contributed by atoms with van der Waals surface area (Å²) in [6.45, 7) is -0.130. The quantitative estimate of drug-likeness (QED) is 0.679. The zero-order chi connectivity index (χ0) is 11.4. The van der Waals surface area contributed by atoms with Gasteiger partial charge in [-0.3, -0.25) is 0 Å². The Kier molecular flexibility index (Phi) is 3.82. The Hall–Kier alpha value is -1.39. The number of hydrogen-bond donors (Lipinski definition) is 1. The number of carbonyl (C=O) groups excluding carboxylic acids is 1. The van der Waals surface area contributed by atoms with Crippen LogP contribution >= 0.6 is 15.9 Å². The molecule has 0 radical (unpaired) electrons. The van der Waals surface area contributed by atoms with E-state index < -0.39 is 11.6 Å². The van der Waals surface area contributed by atoms with E-state index in [0.717, 1.165) is 0 Å². The third-order valence-corrected chi connectivity index (χ3v) is 2.34. The minimum atomic E-state index is -0.886. The minimum Gasteiger partial charge on any atom is -0.504 e. The standard InChI is InChI=1S/C9H7BrFNO3/c1-15-9-6(10)2-5(3-12-4-13)8(14)7(9)11/h2,14H,3H2,1H3. The lowest BCUT2D eigenvalue weighted by Crippen LogP contribution is -1.94. The second-order valence-corrected chi connectivity index (χ2v) is 3.48. The molecule has 4 nitrogen and oxygen atoms in total. The summed E-state index contributed by atoms with van der Waals surface area (Å²) >= 11 is 3.07. The van der Waals surface area contributed by atoms with Crippen molar-refractivity contribution in [2.75, 3.05) is 7.11 Å². The smallest absolute Gasteiger partial charge is 0.235 e. The molecule has 0 aliphatic carbocycles. The average molecular weight is 276 g/mol. The summed E-state index contributed by atoms with van der Waals surface area (Å²) in [6, 6.07) is 1.43. The first-order chi connectivity index (χ1) is 7.11. The number of halogens is 2.